The largest absolute Gasteiger partial charge is 0.0815 e. The Hall–Kier alpha value is -0.823. The van der Waals surface area contributed by atoms with E-state index in [2.05, 4.69) is 56.9 Å². The van der Waals surface area contributed by atoms with E-state index >= 15 is 0 Å². The third-order valence-corrected chi connectivity index (χ3v) is 6.58. The molecule has 0 aromatic heterocycles. The van der Waals surface area contributed by atoms with Gasteiger partial charge in [0.25, 0.3) is 0 Å². The molecule has 1 saturated carbocycles. The van der Waals surface area contributed by atoms with Gasteiger partial charge in [-0.15, -0.1) is 0 Å². The standard InChI is InChI=1S/C18H28Si/c1-5-6-12-18(19(2,3)4)17-14-16(17)13-15-10-8-7-9-11-15/h7-11,16H,5-6,12-14H2,1-4H3/b18-17+. The second-order valence-corrected chi connectivity index (χ2v) is 12.1. The minimum Gasteiger partial charge on any atom is -0.0815 e. The first kappa shape index (κ1) is 14.6. The maximum Gasteiger partial charge on any atom is 0.0723 e. The summed E-state index contributed by atoms with van der Waals surface area (Å²) < 4.78 is 0. The van der Waals surface area contributed by atoms with E-state index in [4.69, 9.17) is 0 Å². The van der Waals surface area contributed by atoms with Crippen molar-refractivity contribution in [1.82, 2.24) is 0 Å². The highest BCUT2D eigenvalue weighted by Gasteiger charge is 2.36. The van der Waals surface area contributed by atoms with Crippen LogP contribution in [0.15, 0.2) is 41.1 Å². The third-order valence-electron chi connectivity index (χ3n) is 4.20. The highest BCUT2D eigenvalue weighted by molar-refractivity contribution is 6.83. The number of unbranched alkanes of at least 4 members (excludes halogenated alkanes) is 1. The van der Waals surface area contributed by atoms with E-state index in [1.165, 1.54) is 37.7 Å². The number of allylic oxidation sites excluding steroid dienone is 2. The molecule has 1 aromatic carbocycles. The van der Waals surface area contributed by atoms with Crippen LogP contribution in [0.5, 0.6) is 0 Å². The molecule has 0 aliphatic heterocycles. The SMILES string of the molecule is CCCC/C(=C1/CC1Cc1ccccc1)[Si](C)(C)C. The van der Waals surface area contributed by atoms with E-state index in [9.17, 15) is 0 Å². The van der Waals surface area contributed by atoms with E-state index in [0.717, 1.165) is 5.92 Å². The molecule has 1 aliphatic rings. The molecule has 104 valence electrons. The lowest BCUT2D eigenvalue weighted by Gasteiger charge is -2.21. The summed E-state index contributed by atoms with van der Waals surface area (Å²) in [7, 11) is -1.10. The monoisotopic (exact) mass is 272 g/mol. The average molecular weight is 273 g/mol. The van der Waals surface area contributed by atoms with Crippen molar-refractivity contribution < 1.29 is 0 Å². The fourth-order valence-corrected chi connectivity index (χ4v) is 5.24. The zero-order valence-corrected chi connectivity index (χ0v) is 14.0. The van der Waals surface area contributed by atoms with Crippen molar-refractivity contribution in [3.05, 3.63) is 46.7 Å². The van der Waals surface area contributed by atoms with Gasteiger partial charge in [0.1, 0.15) is 0 Å². The fourth-order valence-electron chi connectivity index (χ4n) is 3.04. The number of rotatable bonds is 6. The van der Waals surface area contributed by atoms with Crippen LogP contribution >= 0.6 is 0 Å². The topological polar surface area (TPSA) is 0 Å². The summed E-state index contributed by atoms with van der Waals surface area (Å²) in [5, 5.41) is 1.88. The molecule has 0 heterocycles. The maximum atomic E-state index is 2.52. The molecule has 1 atom stereocenters. The fraction of sp³-hybridized carbons (Fsp3) is 0.556. The highest BCUT2D eigenvalue weighted by Crippen LogP contribution is 2.46. The Morgan fingerprint density at radius 3 is 2.42 bits per heavy atom. The van der Waals surface area contributed by atoms with Crippen molar-refractivity contribution >= 4 is 8.07 Å². The molecule has 0 amide bonds. The van der Waals surface area contributed by atoms with Crippen LogP contribution in [0.1, 0.15) is 38.2 Å². The first-order valence-electron chi connectivity index (χ1n) is 7.78. The second-order valence-electron chi connectivity index (χ2n) is 6.95. The summed E-state index contributed by atoms with van der Waals surface area (Å²) in [4.78, 5) is 0. The van der Waals surface area contributed by atoms with Gasteiger partial charge >= 0.3 is 0 Å². The van der Waals surface area contributed by atoms with E-state index in [0.29, 0.717) is 0 Å². The Balaban J connectivity index is 2.06. The average Bonchev–Trinajstić information content (AvgIpc) is 3.08. The second kappa shape index (κ2) is 6.09. The summed E-state index contributed by atoms with van der Waals surface area (Å²) in [5.74, 6) is 0.862. The lowest BCUT2D eigenvalue weighted by Crippen LogP contribution is -2.24. The Morgan fingerprint density at radius 1 is 1.16 bits per heavy atom. The molecule has 0 bridgehead atoms. The van der Waals surface area contributed by atoms with Crippen LogP contribution in [-0.4, -0.2) is 8.07 Å². The van der Waals surface area contributed by atoms with Crippen molar-refractivity contribution in [1.29, 1.82) is 0 Å². The molecule has 2 rings (SSSR count). The first-order valence-corrected chi connectivity index (χ1v) is 11.3. The van der Waals surface area contributed by atoms with Crippen molar-refractivity contribution in [2.24, 2.45) is 5.92 Å². The van der Waals surface area contributed by atoms with Gasteiger partial charge in [0.15, 0.2) is 0 Å². The molecule has 0 N–H and O–H groups in total. The van der Waals surface area contributed by atoms with Gasteiger partial charge in [0.2, 0.25) is 0 Å². The molecular formula is C18H28Si. The maximum absolute atomic E-state index is 2.52. The Labute approximate surface area is 119 Å². The molecule has 0 radical (unpaired) electrons. The molecule has 1 heteroatoms. The summed E-state index contributed by atoms with van der Waals surface area (Å²) in [6.45, 7) is 9.86. The predicted molar refractivity (Wildman–Crippen MR) is 88.2 cm³/mol. The van der Waals surface area contributed by atoms with Gasteiger partial charge in [0, 0.05) is 0 Å². The Morgan fingerprint density at radius 2 is 1.84 bits per heavy atom. The van der Waals surface area contributed by atoms with Crippen LogP contribution in [0.3, 0.4) is 0 Å². The number of benzene rings is 1. The smallest absolute Gasteiger partial charge is 0.0723 e. The van der Waals surface area contributed by atoms with Crippen LogP contribution in [0.2, 0.25) is 19.6 Å². The Kier molecular flexibility index (Phi) is 4.67. The number of hydrogen-bond acceptors (Lipinski definition) is 0. The van der Waals surface area contributed by atoms with Crippen molar-refractivity contribution in [3.8, 4) is 0 Å². The molecule has 1 aliphatic carbocycles. The van der Waals surface area contributed by atoms with Crippen LogP contribution in [0, 0.1) is 5.92 Å². The molecule has 1 aromatic rings. The highest BCUT2D eigenvalue weighted by atomic mass is 28.3. The summed E-state index contributed by atoms with van der Waals surface area (Å²) in [6, 6.07) is 11.0. The molecule has 0 saturated heterocycles. The van der Waals surface area contributed by atoms with E-state index < -0.39 is 8.07 Å². The van der Waals surface area contributed by atoms with Gasteiger partial charge in [-0.3, -0.25) is 0 Å². The minimum atomic E-state index is -1.10. The van der Waals surface area contributed by atoms with Crippen molar-refractivity contribution in [2.45, 2.75) is 58.7 Å². The first-order chi connectivity index (χ1) is 9.02. The molecule has 0 nitrogen and oxygen atoms in total. The zero-order valence-electron chi connectivity index (χ0n) is 13.0. The van der Waals surface area contributed by atoms with Crippen molar-refractivity contribution in [2.75, 3.05) is 0 Å². The van der Waals surface area contributed by atoms with E-state index in [1.54, 1.807) is 0 Å². The van der Waals surface area contributed by atoms with Gasteiger partial charge in [0.05, 0.1) is 8.07 Å². The molecule has 19 heavy (non-hydrogen) atoms. The van der Waals surface area contributed by atoms with Gasteiger partial charge in [-0.2, -0.15) is 0 Å². The molecule has 1 unspecified atom stereocenters. The van der Waals surface area contributed by atoms with Crippen LogP contribution < -0.4 is 0 Å². The quantitative estimate of drug-likeness (QED) is 0.590. The van der Waals surface area contributed by atoms with Crippen molar-refractivity contribution in [3.63, 3.8) is 0 Å². The minimum absolute atomic E-state index is 0.862. The van der Waals surface area contributed by atoms with Gasteiger partial charge < -0.3 is 0 Å². The van der Waals surface area contributed by atoms with E-state index in [1.807, 2.05) is 10.8 Å². The Bertz CT molecular complexity index is 437. The number of hydrogen-bond donors (Lipinski definition) is 0. The van der Waals surface area contributed by atoms with E-state index in [-0.39, 0.29) is 0 Å². The zero-order chi connectivity index (χ0) is 13.9. The summed E-state index contributed by atoms with van der Waals surface area (Å²) in [5.41, 5.74) is 3.34. The van der Waals surface area contributed by atoms with Gasteiger partial charge in [-0.1, -0.05) is 80.5 Å². The van der Waals surface area contributed by atoms with Crippen LogP contribution in [0.25, 0.3) is 0 Å². The van der Waals surface area contributed by atoms with Gasteiger partial charge in [-0.25, -0.2) is 0 Å². The summed E-state index contributed by atoms with van der Waals surface area (Å²) in [6.07, 6.45) is 6.70. The normalized spacial score (nSPS) is 21.4. The summed E-state index contributed by atoms with van der Waals surface area (Å²) >= 11 is 0. The van der Waals surface area contributed by atoms with Crippen LogP contribution in [-0.2, 0) is 6.42 Å². The predicted octanol–water partition coefficient (Wildman–Crippen LogP) is 5.61. The lowest BCUT2D eigenvalue weighted by molar-refractivity contribution is 0.796. The van der Waals surface area contributed by atoms with Crippen LogP contribution in [0.4, 0.5) is 0 Å². The molecule has 0 spiro atoms. The van der Waals surface area contributed by atoms with Gasteiger partial charge in [-0.05, 0) is 30.7 Å². The molecule has 1 fully saturated rings. The lowest BCUT2D eigenvalue weighted by atomic mass is 10.1. The molecular weight excluding hydrogens is 244 g/mol. The third kappa shape index (κ3) is 4.07.